The minimum Gasteiger partial charge on any atom is -0.321 e. The lowest BCUT2D eigenvalue weighted by Crippen LogP contribution is -2.07. The standard InChI is InChI=1S/C12H16BrN/c1-8(2)4-12(14)10-5-9(3)6-11(13)7-10/h4-7,12H,14H2,1-3H3. The van der Waals surface area contributed by atoms with Crippen LogP contribution in [0.4, 0.5) is 0 Å². The fourth-order valence-corrected chi connectivity index (χ4v) is 2.04. The van der Waals surface area contributed by atoms with E-state index in [1.165, 1.54) is 11.1 Å². The topological polar surface area (TPSA) is 26.0 Å². The Morgan fingerprint density at radius 1 is 1.36 bits per heavy atom. The number of rotatable bonds is 2. The highest BCUT2D eigenvalue weighted by Gasteiger charge is 2.03. The van der Waals surface area contributed by atoms with Crippen LogP contribution >= 0.6 is 15.9 Å². The van der Waals surface area contributed by atoms with E-state index >= 15 is 0 Å². The number of benzene rings is 1. The van der Waals surface area contributed by atoms with Crippen LogP contribution in [0, 0.1) is 6.92 Å². The molecule has 1 unspecified atom stereocenters. The highest BCUT2D eigenvalue weighted by molar-refractivity contribution is 9.10. The zero-order valence-corrected chi connectivity index (χ0v) is 10.4. The smallest absolute Gasteiger partial charge is 0.0484 e. The fraction of sp³-hybridized carbons (Fsp3) is 0.333. The van der Waals surface area contributed by atoms with Crippen molar-refractivity contribution in [3.05, 3.63) is 45.4 Å². The summed E-state index contributed by atoms with van der Waals surface area (Å²) in [6, 6.07) is 6.27. The third-order valence-electron chi connectivity index (χ3n) is 1.96. The van der Waals surface area contributed by atoms with Crippen LogP contribution in [0.5, 0.6) is 0 Å². The fourth-order valence-electron chi connectivity index (χ4n) is 1.41. The maximum absolute atomic E-state index is 6.04. The van der Waals surface area contributed by atoms with E-state index in [4.69, 9.17) is 5.73 Å². The van der Waals surface area contributed by atoms with Gasteiger partial charge in [0.05, 0.1) is 0 Å². The first kappa shape index (κ1) is 11.5. The van der Waals surface area contributed by atoms with Crippen molar-refractivity contribution in [1.29, 1.82) is 0 Å². The highest BCUT2D eigenvalue weighted by atomic mass is 79.9. The predicted molar refractivity (Wildman–Crippen MR) is 65.2 cm³/mol. The summed E-state index contributed by atoms with van der Waals surface area (Å²) in [4.78, 5) is 0. The zero-order chi connectivity index (χ0) is 10.7. The van der Waals surface area contributed by atoms with E-state index in [2.05, 4.69) is 61.0 Å². The number of aryl methyl sites for hydroxylation is 1. The van der Waals surface area contributed by atoms with Crippen molar-refractivity contribution in [3.8, 4) is 0 Å². The van der Waals surface area contributed by atoms with Gasteiger partial charge in [-0.2, -0.15) is 0 Å². The zero-order valence-electron chi connectivity index (χ0n) is 8.84. The molecule has 1 aromatic rings. The van der Waals surface area contributed by atoms with Crippen LogP contribution in [0.15, 0.2) is 34.3 Å². The molecule has 0 heterocycles. The second-order valence-electron chi connectivity index (χ2n) is 3.83. The number of halogens is 1. The van der Waals surface area contributed by atoms with Crippen molar-refractivity contribution in [3.63, 3.8) is 0 Å². The van der Waals surface area contributed by atoms with Gasteiger partial charge in [-0.3, -0.25) is 0 Å². The monoisotopic (exact) mass is 253 g/mol. The minimum atomic E-state index is -0.00352. The Balaban J connectivity index is 3.01. The molecular weight excluding hydrogens is 238 g/mol. The van der Waals surface area contributed by atoms with Gasteiger partial charge in [0.15, 0.2) is 0 Å². The Labute approximate surface area is 94.1 Å². The van der Waals surface area contributed by atoms with E-state index in [0.717, 1.165) is 10.0 Å². The Morgan fingerprint density at radius 2 is 2.00 bits per heavy atom. The largest absolute Gasteiger partial charge is 0.321 e. The molecule has 0 saturated carbocycles. The average molecular weight is 254 g/mol. The van der Waals surface area contributed by atoms with Crippen molar-refractivity contribution in [2.45, 2.75) is 26.8 Å². The Morgan fingerprint density at radius 3 is 2.50 bits per heavy atom. The number of hydrogen-bond donors (Lipinski definition) is 1. The molecule has 0 fully saturated rings. The first-order valence-electron chi connectivity index (χ1n) is 4.67. The van der Waals surface area contributed by atoms with Gasteiger partial charge < -0.3 is 5.73 Å². The van der Waals surface area contributed by atoms with Gasteiger partial charge in [-0.25, -0.2) is 0 Å². The van der Waals surface area contributed by atoms with Crippen LogP contribution in [0.3, 0.4) is 0 Å². The van der Waals surface area contributed by atoms with Gasteiger partial charge in [0.1, 0.15) is 0 Å². The van der Waals surface area contributed by atoms with Crippen LogP contribution in [0.2, 0.25) is 0 Å². The van der Waals surface area contributed by atoms with Crippen molar-refractivity contribution < 1.29 is 0 Å². The second-order valence-corrected chi connectivity index (χ2v) is 4.75. The third kappa shape index (κ3) is 3.28. The van der Waals surface area contributed by atoms with Gasteiger partial charge in [-0.15, -0.1) is 0 Å². The predicted octanol–water partition coefficient (Wildman–Crippen LogP) is 3.72. The summed E-state index contributed by atoms with van der Waals surface area (Å²) >= 11 is 3.47. The summed E-state index contributed by atoms with van der Waals surface area (Å²) in [7, 11) is 0. The Bertz CT molecular complexity index is 331. The quantitative estimate of drug-likeness (QED) is 0.799. The molecule has 2 heteroatoms. The molecule has 1 rings (SSSR count). The van der Waals surface area contributed by atoms with E-state index in [1.807, 2.05) is 0 Å². The Hall–Kier alpha value is -0.600. The molecule has 1 aromatic carbocycles. The van der Waals surface area contributed by atoms with Crippen molar-refractivity contribution >= 4 is 15.9 Å². The lowest BCUT2D eigenvalue weighted by atomic mass is 10.0. The molecule has 1 nitrogen and oxygen atoms in total. The number of nitrogens with two attached hydrogens (primary N) is 1. The molecule has 0 aromatic heterocycles. The van der Waals surface area contributed by atoms with E-state index in [0.29, 0.717) is 0 Å². The van der Waals surface area contributed by atoms with Crippen LogP contribution in [-0.4, -0.2) is 0 Å². The molecule has 2 N–H and O–H groups in total. The van der Waals surface area contributed by atoms with Gasteiger partial charge in [-0.1, -0.05) is 33.6 Å². The molecule has 0 aliphatic heterocycles. The van der Waals surface area contributed by atoms with Crippen LogP contribution in [0.1, 0.15) is 31.0 Å². The summed E-state index contributed by atoms with van der Waals surface area (Å²) in [5.74, 6) is 0. The molecule has 0 aliphatic carbocycles. The number of hydrogen-bond acceptors (Lipinski definition) is 1. The summed E-state index contributed by atoms with van der Waals surface area (Å²) in [6.45, 7) is 6.19. The van der Waals surface area contributed by atoms with E-state index in [-0.39, 0.29) is 6.04 Å². The average Bonchev–Trinajstić information content (AvgIpc) is 2.00. The van der Waals surface area contributed by atoms with Crippen LogP contribution in [-0.2, 0) is 0 Å². The molecule has 0 saturated heterocycles. The maximum Gasteiger partial charge on any atom is 0.0484 e. The number of allylic oxidation sites excluding steroid dienone is 1. The molecule has 0 aliphatic rings. The van der Waals surface area contributed by atoms with Gasteiger partial charge in [-0.05, 0) is 44.0 Å². The SMILES string of the molecule is CC(C)=CC(N)c1cc(C)cc(Br)c1. The van der Waals surface area contributed by atoms with Gasteiger partial charge in [0.25, 0.3) is 0 Å². The molecular formula is C12H16BrN. The Kier molecular flexibility index (Phi) is 3.90. The molecule has 76 valence electrons. The molecule has 0 radical (unpaired) electrons. The molecule has 0 bridgehead atoms. The van der Waals surface area contributed by atoms with E-state index in [9.17, 15) is 0 Å². The molecule has 1 atom stereocenters. The maximum atomic E-state index is 6.04. The lowest BCUT2D eigenvalue weighted by molar-refractivity contribution is 0.896. The van der Waals surface area contributed by atoms with Gasteiger partial charge in [0.2, 0.25) is 0 Å². The van der Waals surface area contributed by atoms with Crippen molar-refractivity contribution in [1.82, 2.24) is 0 Å². The molecule has 0 spiro atoms. The van der Waals surface area contributed by atoms with Gasteiger partial charge in [0, 0.05) is 10.5 Å². The second kappa shape index (κ2) is 4.76. The third-order valence-corrected chi connectivity index (χ3v) is 2.42. The summed E-state index contributed by atoms with van der Waals surface area (Å²) in [6.07, 6.45) is 2.07. The first-order chi connectivity index (χ1) is 6.49. The first-order valence-corrected chi connectivity index (χ1v) is 5.46. The van der Waals surface area contributed by atoms with Gasteiger partial charge >= 0.3 is 0 Å². The minimum absolute atomic E-state index is 0.00352. The van der Waals surface area contributed by atoms with Crippen LogP contribution in [0.25, 0.3) is 0 Å². The lowest BCUT2D eigenvalue weighted by Gasteiger charge is -2.09. The van der Waals surface area contributed by atoms with Crippen molar-refractivity contribution in [2.75, 3.05) is 0 Å². The normalized spacial score (nSPS) is 12.4. The van der Waals surface area contributed by atoms with Crippen molar-refractivity contribution in [2.24, 2.45) is 5.73 Å². The summed E-state index contributed by atoms with van der Waals surface area (Å²) in [5, 5.41) is 0. The van der Waals surface area contributed by atoms with E-state index in [1.54, 1.807) is 0 Å². The molecule has 0 amide bonds. The molecule has 14 heavy (non-hydrogen) atoms. The van der Waals surface area contributed by atoms with Crippen LogP contribution < -0.4 is 5.73 Å². The summed E-state index contributed by atoms with van der Waals surface area (Å²) < 4.78 is 1.09. The summed E-state index contributed by atoms with van der Waals surface area (Å²) in [5.41, 5.74) is 9.66. The highest BCUT2D eigenvalue weighted by Crippen LogP contribution is 2.20. The van der Waals surface area contributed by atoms with E-state index < -0.39 is 0 Å².